The number of likely N-dealkylation sites (tertiary alicyclic amines) is 1. The summed E-state index contributed by atoms with van der Waals surface area (Å²) in [5.74, 6) is 1.49. The highest BCUT2D eigenvalue weighted by molar-refractivity contribution is 6.30. The standard InChI is InChI=1S/C29H31ClN4O3/c1-2-37-27-11-8-21(15-31-32-28(35)14-20-6-9-25(30)10-7-20)12-24(27)19-33-16-22-13-23(18-33)26-4-3-5-29(36)34(26)17-22/h3-12,15,22-23H,2,13-14,16-19H2,1H3,(H,32,35)/b31-15+. The molecular formula is C29H31ClN4O3. The smallest absolute Gasteiger partial charge is 0.250 e. The number of carbonyl (C=O) groups excluding carboxylic acids is 1. The Kier molecular flexibility index (Phi) is 7.72. The van der Waals surface area contributed by atoms with Gasteiger partial charge in [-0.2, -0.15) is 5.10 Å². The molecule has 0 spiro atoms. The number of pyridine rings is 1. The molecule has 3 aromatic rings. The van der Waals surface area contributed by atoms with Crippen molar-refractivity contribution < 1.29 is 9.53 Å². The number of amides is 1. The van der Waals surface area contributed by atoms with Gasteiger partial charge in [0.25, 0.3) is 5.56 Å². The van der Waals surface area contributed by atoms with E-state index in [2.05, 4.69) is 27.6 Å². The predicted molar refractivity (Wildman–Crippen MR) is 145 cm³/mol. The van der Waals surface area contributed by atoms with E-state index < -0.39 is 0 Å². The van der Waals surface area contributed by atoms with Gasteiger partial charge in [0.1, 0.15) is 5.75 Å². The summed E-state index contributed by atoms with van der Waals surface area (Å²) in [4.78, 5) is 27.1. The van der Waals surface area contributed by atoms with Crippen molar-refractivity contribution in [3.63, 3.8) is 0 Å². The van der Waals surface area contributed by atoms with Crippen LogP contribution >= 0.6 is 11.6 Å². The first-order valence-electron chi connectivity index (χ1n) is 12.7. The summed E-state index contributed by atoms with van der Waals surface area (Å²) in [6, 6.07) is 18.8. The zero-order chi connectivity index (χ0) is 25.8. The van der Waals surface area contributed by atoms with Gasteiger partial charge >= 0.3 is 0 Å². The summed E-state index contributed by atoms with van der Waals surface area (Å²) in [5, 5.41) is 4.80. The number of halogens is 1. The van der Waals surface area contributed by atoms with Crippen molar-refractivity contribution in [1.82, 2.24) is 14.9 Å². The Labute approximate surface area is 221 Å². The van der Waals surface area contributed by atoms with Crippen LogP contribution in [0.5, 0.6) is 5.75 Å². The maximum atomic E-state index is 12.3. The summed E-state index contributed by atoms with van der Waals surface area (Å²) < 4.78 is 7.88. The molecule has 1 aromatic heterocycles. The molecule has 7 nitrogen and oxygen atoms in total. The molecule has 2 aromatic carbocycles. The van der Waals surface area contributed by atoms with Gasteiger partial charge in [-0.05, 0) is 66.8 Å². The lowest BCUT2D eigenvalue weighted by molar-refractivity contribution is -0.120. The average Bonchev–Trinajstić information content (AvgIpc) is 2.88. The minimum absolute atomic E-state index is 0.103. The van der Waals surface area contributed by atoms with E-state index in [9.17, 15) is 9.59 Å². The maximum Gasteiger partial charge on any atom is 0.250 e. The number of hydrogen-bond acceptors (Lipinski definition) is 5. The van der Waals surface area contributed by atoms with Crippen molar-refractivity contribution in [2.24, 2.45) is 11.0 Å². The molecule has 2 unspecified atom stereocenters. The molecular weight excluding hydrogens is 488 g/mol. The number of aromatic nitrogens is 1. The number of nitrogens with zero attached hydrogens (tertiary/aromatic N) is 3. The van der Waals surface area contributed by atoms with E-state index in [-0.39, 0.29) is 17.9 Å². The Hall–Kier alpha value is -3.42. The van der Waals surface area contributed by atoms with Crippen molar-refractivity contribution in [1.29, 1.82) is 0 Å². The van der Waals surface area contributed by atoms with Crippen molar-refractivity contribution in [2.45, 2.75) is 38.8 Å². The molecule has 0 aliphatic carbocycles. The predicted octanol–water partition coefficient (Wildman–Crippen LogP) is 4.21. The summed E-state index contributed by atoms with van der Waals surface area (Å²) in [6.07, 6.45) is 3.02. The minimum atomic E-state index is -0.191. The lowest BCUT2D eigenvalue weighted by Gasteiger charge is -2.43. The van der Waals surface area contributed by atoms with Gasteiger partial charge in [-0.15, -0.1) is 0 Å². The van der Waals surface area contributed by atoms with Crippen LogP contribution in [-0.4, -0.2) is 41.3 Å². The Balaban J connectivity index is 1.26. The Bertz CT molecular complexity index is 1350. The van der Waals surface area contributed by atoms with Crippen LogP contribution in [0.3, 0.4) is 0 Å². The fourth-order valence-corrected chi connectivity index (χ4v) is 5.60. The highest BCUT2D eigenvalue weighted by Gasteiger charge is 2.34. The fraction of sp³-hybridized carbons (Fsp3) is 0.345. The van der Waals surface area contributed by atoms with E-state index in [0.29, 0.717) is 23.5 Å². The number of piperidine rings is 1. The lowest BCUT2D eigenvalue weighted by atomic mass is 9.83. The van der Waals surface area contributed by atoms with Gasteiger partial charge in [0.15, 0.2) is 0 Å². The van der Waals surface area contributed by atoms with Crippen LogP contribution in [0.2, 0.25) is 5.02 Å². The van der Waals surface area contributed by atoms with Crippen LogP contribution < -0.4 is 15.7 Å². The number of hydrogen-bond donors (Lipinski definition) is 1. The number of ether oxygens (including phenoxy) is 1. The van der Waals surface area contributed by atoms with Gasteiger partial charge in [0.05, 0.1) is 19.2 Å². The summed E-state index contributed by atoms with van der Waals surface area (Å²) in [6.45, 7) is 5.96. The third-order valence-electron chi connectivity index (χ3n) is 7.01. The molecule has 2 atom stereocenters. The largest absolute Gasteiger partial charge is 0.494 e. The molecule has 0 saturated carbocycles. The van der Waals surface area contributed by atoms with E-state index >= 15 is 0 Å². The number of rotatable bonds is 8. The van der Waals surface area contributed by atoms with Crippen molar-refractivity contribution >= 4 is 23.7 Å². The summed E-state index contributed by atoms with van der Waals surface area (Å²) >= 11 is 5.91. The third-order valence-corrected chi connectivity index (χ3v) is 7.27. The van der Waals surface area contributed by atoms with Gasteiger partial charge in [-0.3, -0.25) is 14.5 Å². The number of hydrazone groups is 1. The molecule has 1 saturated heterocycles. The third kappa shape index (κ3) is 6.12. The molecule has 192 valence electrons. The first kappa shape index (κ1) is 25.2. The van der Waals surface area contributed by atoms with Gasteiger partial charge in [0, 0.05) is 54.4 Å². The molecule has 5 rings (SSSR count). The fourth-order valence-electron chi connectivity index (χ4n) is 5.47. The van der Waals surface area contributed by atoms with Gasteiger partial charge < -0.3 is 9.30 Å². The zero-order valence-corrected chi connectivity index (χ0v) is 21.7. The monoisotopic (exact) mass is 518 g/mol. The molecule has 3 heterocycles. The summed E-state index contributed by atoms with van der Waals surface area (Å²) in [5.41, 5.74) is 6.70. The van der Waals surface area contributed by atoms with Gasteiger partial charge in [-0.1, -0.05) is 29.8 Å². The number of carbonyl (C=O) groups is 1. The van der Waals surface area contributed by atoms with Crippen LogP contribution in [0.15, 0.2) is 70.6 Å². The van der Waals surface area contributed by atoms with E-state index in [4.69, 9.17) is 16.3 Å². The van der Waals surface area contributed by atoms with Crippen molar-refractivity contribution in [2.75, 3.05) is 19.7 Å². The second kappa shape index (κ2) is 11.3. The van der Waals surface area contributed by atoms with Gasteiger partial charge in [0.2, 0.25) is 5.91 Å². The molecule has 1 amide bonds. The van der Waals surface area contributed by atoms with Crippen LogP contribution in [0, 0.1) is 5.92 Å². The first-order valence-corrected chi connectivity index (χ1v) is 13.1. The normalized spacial score (nSPS) is 19.0. The van der Waals surface area contributed by atoms with Crippen molar-refractivity contribution in [3.8, 4) is 5.75 Å². The van der Waals surface area contributed by atoms with Crippen LogP contribution in [-0.2, 0) is 24.3 Å². The van der Waals surface area contributed by atoms with Crippen LogP contribution in [0.1, 0.15) is 41.6 Å². The molecule has 37 heavy (non-hydrogen) atoms. The van der Waals surface area contributed by atoms with Gasteiger partial charge in [-0.25, -0.2) is 5.43 Å². The Morgan fingerprint density at radius 1 is 1.14 bits per heavy atom. The van der Waals surface area contributed by atoms with Crippen LogP contribution in [0.4, 0.5) is 0 Å². The highest BCUT2D eigenvalue weighted by Crippen LogP contribution is 2.36. The number of benzene rings is 2. The van der Waals surface area contributed by atoms with Crippen molar-refractivity contribution in [3.05, 3.63) is 98.4 Å². The molecule has 1 N–H and O–H groups in total. The molecule has 2 bridgehead atoms. The Morgan fingerprint density at radius 3 is 2.78 bits per heavy atom. The zero-order valence-electron chi connectivity index (χ0n) is 20.9. The highest BCUT2D eigenvalue weighted by atomic mass is 35.5. The maximum absolute atomic E-state index is 12.3. The molecule has 8 heteroatoms. The van der Waals surface area contributed by atoms with Crippen LogP contribution in [0.25, 0.3) is 0 Å². The minimum Gasteiger partial charge on any atom is -0.494 e. The van der Waals surface area contributed by atoms with E-state index in [0.717, 1.165) is 60.7 Å². The molecule has 2 aliphatic rings. The SMILES string of the molecule is CCOc1ccc(/C=N/NC(=O)Cc2ccc(Cl)cc2)cc1CN1CC2CC(C1)c1cccc(=O)n1C2. The lowest BCUT2D eigenvalue weighted by Crippen LogP contribution is -2.46. The molecule has 1 fully saturated rings. The van der Waals surface area contributed by atoms with E-state index in [1.807, 2.05) is 41.8 Å². The number of nitrogens with one attached hydrogen (secondary N) is 1. The second-order valence-electron chi connectivity index (χ2n) is 9.79. The van der Waals surface area contributed by atoms with E-state index in [1.54, 1.807) is 24.4 Å². The van der Waals surface area contributed by atoms with E-state index in [1.165, 1.54) is 0 Å². The first-order chi connectivity index (χ1) is 18.0. The average molecular weight is 519 g/mol. The molecule has 0 radical (unpaired) electrons. The second-order valence-corrected chi connectivity index (χ2v) is 10.2. The summed E-state index contributed by atoms with van der Waals surface area (Å²) in [7, 11) is 0. The topological polar surface area (TPSA) is 75.9 Å². The molecule has 2 aliphatic heterocycles. The number of fused-ring (bicyclic) bond motifs is 4. The Morgan fingerprint density at radius 2 is 1.97 bits per heavy atom. The quantitative estimate of drug-likeness (QED) is 0.358.